The second-order valence-corrected chi connectivity index (χ2v) is 5.43. The molecule has 0 aromatic heterocycles. The normalized spacial score (nSPS) is 17.8. The SMILES string of the molecule is CO[C@H]1N=C(c2ccccc2)c2cc(Cl)ccc2N(C)C1=O. The predicted octanol–water partition coefficient (Wildman–Crippen LogP) is 3.13. The van der Waals surface area contributed by atoms with Crippen molar-refractivity contribution < 1.29 is 9.53 Å². The summed E-state index contributed by atoms with van der Waals surface area (Å²) in [5.74, 6) is -0.211. The van der Waals surface area contributed by atoms with Gasteiger partial charge in [-0.25, -0.2) is 4.99 Å². The minimum atomic E-state index is -0.869. The molecule has 1 aliphatic rings. The fraction of sp³-hybridized carbons (Fsp3) is 0.176. The molecule has 0 radical (unpaired) electrons. The van der Waals surface area contributed by atoms with Gasteiger partial charge in [0.05, 0.1) is 11.4 Å². The third-order valence-electron chi connectivity index (χ3n) is 3.63. The highest BCUT2D eigenvalue weighted by molar-refractivity contribution is 6.32. The molecule has 0 saturated carbocycles. The number of hydrogen-bond donors (Lipinski definition) is 0. The van der Waals surface area contributed by atoms with Crippen LogP contribution in [0.2, 0.25) is 5.02 Å². The molecular formula is C17H15ClN2O2. The first-order chi connectivity index (χ1) is 10.6. The van der Waals surface area contributed by atoms with Gasteiger partial charge in [0, 0.05) is 30.3 Å². The van der Waals surface area contributed by atoms with Gasteiger partial charge in [-0.15, -0.1) is 0 Å². The third kappa shape index (κ3) is 2.51. The van der Waals surface area contributed by atoms with Gasteiger partial charge in [0.15, 0.2) is 0 Å². The monoisotopic (exact) mass is 314 g/mol. The summed E-state index contributed by atoms with van der Waals surface area (Å²) in [6.07, 6.45) is -0.869. The Hall–Kier alpha value is -2.17. The highest BCUT2D eigenvalue weighted by Crippen LogP contribution is 2.30. The number of hydrogen-bond acceptors (Lipinski definition) is 3. The Kier molecular flexibility index (Phi) is 3.96. The molecule has 0 N–H and O–H groups in total. The van der Waals surface area contributed by atoms with Crippen LogP contribution in [-0.2, 0) is 9.53 Å². The summed E-state index contributed by atoms with van der Waals surface area (Å²) in [4.78, 5) is 18.5. The van der Waals surface area contributed by atoms with Crippen LogP contribution in [0.15, 0.2) is 53.5 Å². The van der Waals surface area contributed by atoms with Gasteiger partial charge in [0.25, 0.3) is 5.91 Å². The van der Waals surface area contributed by atoms with Crippen LogP contribution in [0, 0.1) is 0 Å². The number of fused-ring (bicyclic) bond motifs is 1. The first kappa shape index (κ1) is 14.8. The summed E-state index contributed by atoms with van der Waals surface area (Å²) in [5, 5.41) is 0.596. The molecule has 3 rings (SSSR count). The van der Waals surface area contributed by atoms with E-state index in [1.54, 1.807) is 18.0 Å². The number of anilines is 1. The van der Waals surface area contributed by atoms with Crippen LogP contribution in [0.25, 0.3) is 0 Å². The Morgan fingerprint density at radius 1 is 1.18 bits per heavy atom. The predicted molar refractivity (Wildman–Crippen MR) is 87.7 cm³/mol. The van der Waals surface area contributed by atoms with Crippen molar-refractivity contribution in [2.45, 2.75) is 6.23 Å². The zero-order valence-corrected chi connectivity index (χ0v) is 13.0. The molecule has 0 aliphatic carbocycles. The van der Waals surface area contributed by atoms with Crippen molar-refractivity contribution in [1.29, 1.82) is 0 Å². The average Bonchev–Trinajstić information content (AvgIpc) is 2.64. The second-order valence-electron chi connectivity index (χ2n) is 4.99. The lowest BCUT2D eigenvalue weighted by atomic mass is 10.0. The van der Waals surface area contributed by atoms with E-state index in [0.717, 1.165) is 16.8 Å². The molecule has 1 heterocycles. The summed E-state index contributed by atoms with van der Waals surface area (Å²) in [6, 6.07) is 15.1. The van der Waals surface area contributed by atoms with Gasteiger partial charge in [0.2, 0.25) is 6.23 Å². The van der Waals surface area contributed by atoms with Crippen molar-refractivity contribution >= 4 is 28.9 Å². The molecule has 2 aromatic carbocycles. The third-order valence-corrected chi connectivity index (χ3v) is 3.87. The van der Waals surface area contributed by atoms with Crippen molar-refractivity contribution in [3.8, 4) is 0 Å². The molecule has 1 atom stereocenters. The lowest BCUT2D eigenvalue weighted by molar-refractivity contribution is -0.127. The molecule has 5 heteroatoms. The second kappa shape index (κ2) is 5.91. The van der Waals surface area contributed by atoms with Crippen LogP contribution < -0.4 is 4.90 Å². The molecule has 1 aliphatic heterocycles. The molecule has 0 saturated heterocycles. The fourth-order valence-corrected chi connectivity index (χ4v) is 2.67. The number of benzene rings is 2. The van der Waals surface area contributed by atoms with Crippen LogP contribution in [0.3, 0.4) is 0 Å². The van der Waals surface area contributed by atoms with E-state index in [0.29, 0.717) is 10.7 Å². The van der Waals surface area contributed by atoms with Crippen LogP contribution in [0.4, 0.5) is 5.69 Å². The number of benzodiazepines with no additional fused rings is 1. The molecule has 0 unspecified atom stereocenters. The maximum Gasteiger partial charge on any atom is 0.278 e. The number of carbonyl (C=O) groups is 1. The fourth-order valence-electron chi connectivity index (χ4n) is 2.50. The number of nitrogens with zero attached hydrogens (tertiary/aromatic N) is 2. The first-order valence-electron chi connectivity index (χ1n) is 6.85. The largest absolute Gasteiger partial charge is 0.352 e. The molecular weight excluding hydrogens is 300 g/mol. The lowest BCUT2D eigenvalue weighted by Crippen LogP contribution is -2.35. The highest BCUT2D eigenvalue weighted by Gasteiger charge is 2.29. The zero-order valence-electron chi connectivity index (χ0n) is 12.3. The Bertz CT molecular complexity index is 744. The number of rotatable bonds is 2. The minimum absolute atomic E-state index is 0.211. The first-order valence-corrected chi connectivity index (χ1v) is 7.23. The number of amides is 1. The summed E-state index contributed by atoms with van der Waals surface area (Å²) in [7, 11) is 3.19. The number of methoxy groups -OCH3 is 1. The molecule has 0 spiro atoms. The van der Waals surface area contributed by atoms with Gasteiger partial charge in [0.1, 0.15) is 0 Å². The van der Waals surface area contributed by atoms with E-state index in [4.69, 9.17) is 16.3 Å². The van der Waals surface area contributed by atoms with E-state index in [9.17, 15) is 4.79 Å². The van der Waals surface area contributed by atoms with Gasteiger partial charge in [-0.2, -0.15) is 0 Å². The summed E-state index contributed by atoms with van der Waals surface area (Å²) in [6.45, 7) is 0. The molecule has 0 fully saturated rings. The Morgan fingerprint density at radius 2 is 1.91 bits per heavy atom. The maximum absolute atomic E-state index is 12.5. The van der Waals surface area contributed by atoms with E-state index in [1.165, 1.54) is 7.11 Å². The van der Waals surface area contributed by atoms with E-state index in [2.05, 4.69) is 4.99 Å². The lowest BCUT2D eigenvalue weighted by Gasteiger charge is -2.19. The smallest absolute Gasteiger partial charge is 0.278 e. The topological polar surface area (TPSA) is 41.9 Å². The quantitative estimate of drug-likeness (QED) is 0.854. The van der Waals surface area contributed by atoms with Crippen molar-refractivity contribution in [3.05, 3.63) is 64.7 Å². The molecule has 2 aromatic rings. The zero-order chi connectivity index (χ0) is 15.7. The van der Waals surface area contributed by atoms with E-state index in [1.807, 2.05) is 42.5 Å². The van der Waals surface area contributed by atoms with Gasteiger partial charge in [-0.1, -0.05) is 41.9 Å². The molecule has 0 bridgehead atoms. The van der Waals surface area contributed by atoms with E-state index < -0.39 is 6.23 Å². The van der Waals surface area contributed by atoms with Gasteiger partial charge >= 0.3 is 0 Å². The highest BCUT2D eigenvalue weighted by atomic mass is 35.5. The molecule has 1 amide bonds. The van der Waals surface area contributed by atoms with Crippen molar-refractivity contribution in [2.75, 3.05) is 19.1 Å². The average molecular weight is 315 g/mol. The number of ether oxygens (including phenoxy) is 1. The molecule has 22 heavy (non-hydrogen) atoms. The van der Waals surface area contributed by atoms with E-state index in [-0.39, 0.29) is 5.91 Å². The Morgan fingerprint density at radius 3 is 2.59 bits per heavy atom. The van der Waals surface area contributed by atoms with Gasteiger partial charge in [-0.3, -0.25) is 4.79 Å². The van der Waals surface area contributed by atoms with Gasteiger partial charge < -0.3 is 9.64 Å². The van der Waals surface area contributed by atoms with Crippen LogP contribution in [-0.4, -0.2) is 32.0 Å². The van der Waals surface area contributed by atoms with Crippen molar-refractivity contribution in [3.63, 3.8) is 0 Å². The number of carbonyl (C=O) groups excluding carboxylic acids is 1. The minimum Gasteiger partial charge on any atom is -0.352 e. The molecule has 112 valence electrons. The van der Waals surface area contributed by atoms with Crippen LogP contribution in [0.1, 0.15) is 11.1 Å². The van der Waals surface area contributed by atoms with E-state index >= 15 is 0 Å². The molecule has 4 nitrogen and oxygen atoms in total. The summed E-state index contributed by atoms with van der Waals surface area (Å²) >= 11 is 6.15. The van der Waals surface area contributed by atoms with Crippen LogP contribution in [0.5, 0.6) is 0 Å². The Balaban J connectivity index is 2.27. The Labute approximate surface area is 134 Å². The number of aliphatic imine (C=N–C) groups is 1. The van der Waals surface area contributed by atoms with Crippen molar-refractivity contribution in [2.24, 2.45) is 4.99 Å². The maximum atomic E-state index is 12.5. The van der Waals surface area contributed by atoms with Crippen molar-refractivity contribution in [1.82, 2.24) is 0 Å². The standard InChI is InChI=1S/C17H15ClN2O2/c1-20-14-9-8-12(18)10-13(14)15(11-6-4-3-5-7-11)19-16(22-2)17(20)21/h3-10,16H,1-2H3/t16-/m1/s1. The summed E-state index contributed by atoms with van der Waals surface area (Å²) in [5.41, 5.74) is 3.18. The van der Waals surface area contributed by atoms with Gasteiger partial charge in [-0.05, 0) is 18.2 Å². The number of halogens is 1. The summed E-state index contributed by atoms with van der Waals surface area (Å²) < 4.78 is 5.26. The number of likely N-dealkylation sites (N-methyl/N-ethyl adjacent to an activating group) is 1. The van der Waals surface area contributed by atoms with Crippen LogP contribution >= 0.6 is 11.6 Å².